The van der Waals surface area contributed by atoms with E-state index in [4.69, 9.17) is 0 Å². The number of esters is 1. The molecule has 0 fully saturated rings. The molecule has 0 aromatic carbocycles. The maximum atomic E-state index is 11.3. The minimum absolute atomic E-state index is 0.0963. The SMILES string of the molecule is CCCNc1nc(C(=O)OC)nc(C)c1I. The fraction of sp³-hybridized carbons (Fsp3) is 0.500. The monoisotopic (exact) mass is 335 g/mol. The van der Waals surface area contributed by atoms with E-state index in [1.54, 1.807) is 0 Å². The quantitative estimate of drug-likeness (QED) is 0.674. The van der Waals surface area contributed by atoms with Crippen molar-refractivity contribution in [2.45, 2.75) is 20.3 Å². The van der Waals surface area contributed by atoms with Crippen molar-refractivity contribution in [1.29, 1.82) is 0 Å². The number of nitrogens with zero attached hydrogens (tertiary/aromatic N) is 2. The van der Waals surface area contributed by atoms with Crippen molar-refractivity contribution in [2.75, 3.05) is 19.0 Å². The molecule has 88 valence electrons. The number of carbonyl (C=O) groups excluding carboxylic acids is 1. The van der Waals surface area contributed by atoms with E-state index in [2.05, 4.69) is 49.5 Å². The molecule has 1 aromatic heterocycles. The van der Waals surface area contributed by atoms with Gasteiger partial charge in [0.25, 0.3) is 0 Å². The summed E-state index contributed by atoms with van der Waals surface area (Å²) in [7, 11) is 1.32. The summed E-state index contributed by atoms with van der Waals surface area (Å²) < 4.78 is 5.53. The lowest BCUT2D eigenvalue weighted by Crippen LogP contribution is -2.13. The first-order valence-corrected chi connectivity index (χ1v) is 6.04. The van der Waals surface area contributed by atoms with Gasteiger partial charge in [-0.15, -0.1) is 0 Å². The average Bonchev–Trinajstić information content (AvgIpc) is 2.29. The number of hydrogen-bond donors (Lipinski definition) is 1. The van der Waals surface area contributed by atoms with Crippen LogP contribution in [0.1, 0.15) is 29.7 Å². The number of aryl methyl sites for hydroxylation is 1. The Labute approximate surface area is 108 Å². The second-order valence-corrected chi connectivity index (χ2v) is 4.29. The summed E-state index contributed by atoms with van der Waals surface area (Å²) in [5.74, 6) is 0.272. The smallest absolute Gasteiger partial charge is 0.376 e. The first-order chi connectivity index (χ1) is 7.60. The molecule has 1 N–H and O–H groups in total. The molecule has 0 bridgehead atoms. The molecular formula is C10H14IN3O2. The molecule has 5 nitrogen and oxygen atoms in total. The molecule has 0 saturated heterocycles. The Kier molecular flexibility index (Phi) is 4.91. The number of carbonyl (C=O) groups is 1. The second-order valence-electron chi connectivity index (χ2n) is 3.21. The van der Waals surface area contributed by atoms with Gasteiger partial charge in [0.05, 0.1) is 16.4 Å². The summed E-state index contributed by atoms with van der Waals surface area (Å²) in [5.41, 5.74) is 0.773. The summed E-state index contributed by atoms with van der Waals surface area (Å²) in [6, 6.07) is 0. The second kappa shape index (κ2) is 5.97. The van der Waals surface area contributed by atoms with Gasteiger partial charge in [0.1, 0.15) is 5.82 Å². The van der Waals surface area contributed by atoms with Gasteiger partial charge in [-0.1, -0.05) is 6.92 Å². The number of hydrogen-bond acceptors (Lipinski definition) is 5. The van der Waals surface area contributed by atoms with E-state index in [9.17, 15) is 4.79 Å². The van der Waals surface area contributed by atoms with Gasteiger partial charge in [0.2, 0.25) is 5.82 Å². The van der Waals surface area contributed by atoms with Gasteiger partial charge in [-0.2, -0.15) is 0 Å². The van der Waals surface area contributed by atoms with Crippen LogP contribution in [0.15, 0.2) is 0 Å². The van der Waals surface area contributed by atoms with Crippen LogP contribution in [-0.2, 0) is 4.74 Å². The molecule has 1 aromatic rings. The Morgan fingerprint density at radius 1 is 1.50 bits per heavy atom. The Balaban J connectivity index is 3.06. The molecule has 1 rings (SSSR count). The Bertz CT molecular complexity index is 396. The highest BCUT2D eigenvalue weighted by molar-refractivity contribution is 14.1. The molecule has 0 aliphatic heterocycles. The molecule has 0 spiro atoms. The fourth-order valence-corrected chi connectivity index (χ4v) is 1.53. The molecule has 6 heteroatoms. The van der Waals surface area contributed by atoms with Gasteiger partial charge in [0, 0.05) is 6.54 Å². The third-order valence-corrected chi connectivity index (χ3v) is 3.22. The minimum atomic E-state index is -0.515. The lowest BCUT2D eigenvalue weighted by atomic mass is 10.4. The van der Waals surface area contributed by atoms with E-state index in [0.717, 1.165) is 22.2 Å². The fourth-order valence-electron chi connectivity index (χ4n) is 1.10. The van der Waals surface area contributed by atoms with Crippen molar-refractivity contribution in [3.8, 4) is 0 Å². The highest BCUT2D eigenvalue weighted by atomic mass is 127. The topological polar surface area (TPSA) is 64.1 Å². The van der Waals surface area contributed by atoms with E-state index in [1.807, 2.05) is 6.92 Å². The van der Waals surface area contributed by atoms with Gasteiger partial charge >= 0.3 is 5.97 Å². The zero-order valence-corrected chi connectivity index (χ0v) is 11.7. The van der Waals surface area contributed by atoms with Crippen molar-refractivity contribution in [2.24, 2.45) is 0 Å². The molecule has 0 atom stereocenters. The third kappa shape index (κ3) is 3.03. The van der Waals surface area contributed by atoms with Crippen molar-refractivity contribution in [3.05, 3.63) is 15.1 Å². The van der Waals surface area contributed by atoms with Crippen LogP contribution in [0.5, 0.6) is 0 Å². The molecule has 0 radical (unpaired) electrons. The summed E-state index contributed by atoms with van der Waals surface area (Å²) in [6.07, 6.45) is 0.993. The maximum absolute atomic E-state index is 11.3. The van der Waals surface area contributed by atoms with E-state index in [-0.39, 0.29) is 5.82 Å². The minimum Gasteiger partial charge on any atom is -0.463 e. The largest absolute Gasteiger partial charge is 0.463 e. The van der Waals surface area contributed by atoms with E-state index < -0.39 is 5.97 Å². The summed E-state index contributed by atoms with van der Waals surface area (Å²) in [4.78, 5) is 19.5. The normalized spacial score (nSPS) is 10.0. The van der Waals surface area contributed by atoms with Crippen molar-refractivity contribution in [3.63, 3.8) is 0 Å². The van der Waals surface area contributed by atoms with E-state index >= 15 is 0 Å². The van der Waals surface area contributed by atoms with Gasteiger partial charge in [-0.05, 0) is 35.9 Å². The molecule has 1 heterocycles. The van der Waals surface area contributed by atoms with Gasteiger partial charge in [-0.3, -0.25) is 0 Å². The van der Waals surface area contributed by atoms with Crippen LogP contribution in [0.2, 0.25) is 0 Å². The van der Waals surface area contributed by atoms with Crippen LogP contribution in [0.3, 0.4) is 0 Å². The number of aromatic nitrogens is 2. The molecule has 0 aliphatic carbocycles. The zero-order valence-electron chi connectivity index (χ0n) is 9.50. The van der Waals surface area contributed by atoms with Crippen LogP contribution in [0.25, 0.3) is 0 Å². The summed E-state index contributed by atoms with van der Waals surface area (Å²) in [6.45, 7) is 4.72. The standard InChI is InChI=1S/C10H14IN3O2/c1-4-5-12-8-7(11)6(2)13-9(14-8)10(15)16-3/h4-5H2,1-3H3,(H,12,13,14). The number of nitrogens with one attached hydrogen (secondary N) is 1. The molecule has 16 heavy (non-hydrogen) atoms. The van der Waals surface area contributed by atoms with Crippen molar-refractivity contribution in [1.82, 2.24) is 9.97 Å². The first kappa shape index (κ1) is 13.1. The highest BCUT2D eigenvalue weighted by Crippen LogP contribution is 2.18. The lowest BCUT2D eigenvalue weighted by molar-refractivity contribution is 0.0586. The molecule has 0 saturated carbocycles. The van der Waals surface area contributed by atoms with Crippen LogP contribution < -0.4 is 5.32 Å². The number of halogens is 1. The predicted octanol–water partition coefficient (Wildman–Crippen LogP) is 2.00. The first-order valence-electron chi connectivity index (χ1n) is 4.96. The van der Waals surface area contributed by atoms with Crippen LogP contribution in [0, 0.1) is 10.5 Å². The number of methoxy groups -OCH3 is 1. The van der Waals surface area contributed by atoms with E-state index in [0.29, 0.717) is 5.82 Å². The lowest BCUT2D eigenvalue weighted by Gasteiger charge is -2.09. The number of ether oxygens (including phenoxy) is 1. The number of rotatable bonds is 4. The van der Waals surface area contributed by atoms with Gasteiger partial charge < -0.3 is 10.1 Å². The molecule has 0 unspecified atom stereocenters. The van der Waals surface area contributed by atoms with Gasteiger partial charge in [-0.25, -0.2) is 14.8 Å². The van der Waals surface area contributed by atoms with Crippen LogP contribution in [-0.4, -0.2) is 29.6 Å². The summed E-state index contributed by atoms with van der Waals surface area (Å²) >= 11 is 2.16. The van der Waals surface area contributed by atoms with E-state index in [1.165, 1.54) is 7.11 Å². The average molecular weight is 335 g/mol. The maximum Gasteiger partial charge on any atom is 0.376 e. The Morgan fingerprint density at radius 3 is 2.75 bits per heavy atom. The summed E-state index contributed by atoms with van der Waals surface area (Å²) in [5, 5.41) is 3.16. The van der Waals surface area contributed by atoms with Crippen molar-refractivity contribution >= 4 is 34.4 Å². The predicted molar refractivity (Wildman–Crippen MR) is 69.6 cm³/mol. The Morgan fingerprint density at radius 2 is 2.19 bits per heavy atom. The Hall–Kier alpha value is -0.920. The van der Waals surface area contributed by atoms with Gasteiger partial charge in [0.15, 0.2) is 0 Å². The molecule has 0 amide bonds. The third-order valence-electron chi connectivity index (χ3n) is 1.93. The van der Waals surface area contributed by atoms with Crippen LogP contribution >= 0.6 is 22.6 Å². The highest BCUT2D eigenvalue weighted by Gasteiger charge is 2.14. The molecular weight excluding hydrogens is 321 g/mol. The zero-order chi connectivity index (χ0) is 12.1. The van der Waals surface area contributed by atoms with Crippen molar-refractivity contribution < 1.29 is 9.53 Å². The molecule has 0 aliphatic rings. The van der Waals surface area contributed by atoms with Crippen LogP contribution in [0.4, 0.5) is 5.82 Å². The number of anilines is 1.